The van der Waals surface area contributed by atoms with Gasteiger partial charge in [0, 0.05) is 43.9 Å². The third kappa shape index (κ3) is 1.99. The number of hydrogen-bond acceptors (Lipinski definition) is 4. The van der Waals surface area contributed by atoms with Crippen molar-refractivity contribution in [3.63, 3.8) is 0 Å². The van der Waals surface area contributed by atoms with Crippen LogP contribution in [-0.4, -0.2) is 41.5 Å². The first kappa shape index (κ1) is 11.6. The average molecular weight is 267 g/mol. The van der Waals surface area contributed by atoms with Gasteiger partial charge in [-0.3, -0.25) is 4.79 Å². The molecule has 2 aliphatic heterocycles. The van der Waals surface area contributed by atoms with E-state index in [2.05, 4.69) is 9.88 Å². The fraction of sp³-hybridized carbons (Fsp3) is 0.500. The minimum atomic E-state index is 0.276. The van der Waals surface area contributed by atoms with Crippen LogP contribution in [0, 0.1) is 0 Å². The standard InChI is InChI=1S/C12H15ClN4O/c13-10-5-8(14)6-11(15-10)16-3-4-17-9(7-16)1-2-12(17)18/h5-6,9H,1-4,7H2,(H2,14,15). The Morgan fingerprint density at radius 3 is 3.00 bits per heavy atom. The molecule has 0 aromatic carbocycles. The molecule has 1 unspecified atom stereocenters. The molecule has 3 heterocycles. The highest BCUT2D eigenvalue weighted by Crippen LogP contribution is 2.27. The number of halogens is 1. The molecule has 0 aliphatic carbocycles. The van der Waals surface area contributed by atoms with Crippen molar-refractivity contribution < 1.29 is 4.79 Å². The summed E-state index contributed by atoms with van der Waals surface area (Å²) in [5.41, 5.74) is 6.40. The first-order valence-electron chi connectivity index (χ1n) is 6.11. The second-order valence-electron chi connectivity index (χ2n) is 4.81. The highest BCUT2D eigenvalue weighted by atomic mass is 35.5. The number of nitrogens with zero attached hydrogens (tertiary/aromatic N) is 3. The Morgan fingerprint density at radius 2 is 2.22 bits per heavy atom. The van der Waals surface area contributed by atoms with Gasteiger partial charge in [-0.1, -0.05) is 11.6 Å². The number of carbonyl (C=O) groups is 1. The maximum atomic E-state index is 11.6. The predicted octanol–water partition coefficient (Wildman–Crippen LogP) is 1.13. The van der Waals surface area contributed by atoms with Crippen LogP contribution in [0.15, 0.2) is 12.1 Å². The largest absolute Gasteiger partial charge is 0.399 e. The van der Waals surface area contributed by atoms with E-state index in [9.17, 15) is 4.79 Å². The van der Waals surface area contributed by atoms with Gasteiger partial charge in [-0.25, -0.2) is 4.98 Å². The topological polar surface area (TPSA) is 62.5 Å². The maximum Gasteiger partial charge on any atom is 0.223 e. The highest BCUT2D eigenvalue weighted by molar-refractivity contribution is 6.29. The Kier molecular flexibility index (Phi) is 2.78. The molecule has 18 heavy (non-hydrogen) atoms. The molecule has 96 valence electrons. The van der Waals surface area contributed by atoms with Gasteiger partial charge >= 0.3 is 0 Å². The Balaban J connectivity index is 1.80. The molecular weight excluding hydrogens is 252 g/mol. The summed E-state index contributed by atoms with van der Waals surface area (Å²) in [6.45, 7) is 2.37. The van der Waals surface area contributed by atoms with E-state index in [0.717, 1.165) is 31.9 Å². The smallest absolute Gasteiger partial charge is 0.223 e. The number of fused-ring (bicyclic) bond motifs is 1. The molecule has 0 bridgehead atoms. The van der Waals surface area contributed by atoms with Crippen molar-refractivity contribution in [1.29, 1.82) is 0 Å². The summed E-state index contributed by atoms with van der Waals surface area (Å²) in [6, 6.07) is 3.78. The van der Waals surface area contributed by atoms with Gasteiger partial charge in [-0.05, 0) is 12.5 Å². The first-order valence-corrected chi connectivity index (χ1v) is 6.49. The number of amides is 1. The Morgan fingerprint density at radius 1 is 1.39 bits per heavy atom. The van der Waals surface area contributed by atoms with E-state index < -0.39 is 0 Å². The van der Waals surface area contributed by atoms with Crippen molar-refractivity contribution in [2.45, 2.75) is 18.9 Å². The third-order valence-corrected chi connectivity index (χ3v) is 3.82. The Labute approximate surface area is 111 Å². The zero-order valence-electron chi connectivity index (χ0n) is 9.97. The number of anilines is 2. The summed E-state index contributed by atoms with van der Waals surface area (Å²) in [7, 11) is 0. The number of nitrogens with two attached hydrogens (primary N) is 1. The van der Waals surface area contributed by atoms with E-state index in [1.54, 1.807) is 6.07 Å². The van der Waals surface area contributed by atoms with Crippen LogP contribution < -0.4 is 10.6 Å². The zero-order valence-corrected chi connectivity index (χ0v) is 10.7. The summed E-state index contributed by atoms with van der Waals surface area (Å²) >= 11 is 5.92. The molecule has 2 N–H and O–H groups in total. The quantitative estimate of drug-likeness (QED) is 0.774. The highest BCUT2D eigenvalue weighted by Gasteiger charge is 2.35. The van der Waals surface area contributed by atoms with Gasteiger partial charge in [0.05, 0.1) is 0 Å². The normalized spacial score (nSPS) is 23.4. The molecule has 5 nitrogen and oxygen atoms in total. The molecule has 0 radical (unpaired) electrons. The number of aromatic nitrogens is 1. The lowest BCUT2D eigenvalue weighted by molar-refractivity contribution is -0.129. The van der Waals surface area contributed by atoms with E-state index in [0.29, 0.717) is 23.3 Å². The molecular formula is C12H15ClN4O. The molecule has 0 saturated carbocycles. The summed E-state index contributed by atoms with van der Waals surface area (Å²) in [5, 5.41) is 0.412. The van der Waals surface area contributed by atoms with Crippen molar-refractivity contribution in [1.82, 2.24) is 9.88 Å². The minimum absolute atomic E-state index is 0.276. The van der Waals surface area contributed by atoms with Crippen LogP contribution in [0.5, 0.6) is 0 Å². The van der Waals surface area contributed by atoms with Gasteiger partial charge in [-0.2, -0.15) is 0 Å². The van der Waals surface area contributed by atoms with E-state index in [1.807, 2.05) is 11.0 Å². The van der Waals surface area contributed by atoms with Crippen molar-refractivity contribution in [2.24, 2.45) is 0 Å². The van der Waals surface area contributed by atoms with Gasteiger partial charge < -0.3 is 15.5 Å². The monoisotopic (exact) mass is 266 g/mol. The summed E-state index contributed by atoms with van der Waals surface area (Å²) < 4.78 is 0. The number of nitrogen functional groups attached to an aromatic ring is 1. The molecule has 1 amide bonds. The lowest BCUT2D eigenvalue weighted by Gasteiger charge is -2.38. The molecule has 1 aromatic rings. The van der Waals surface area contributed by atoms with Crippen LogP contribution in [0.4, 0.5) is 11.5 Å². The second-order valence-corrected chi connectivity index (χ2v) is 5.19. The molecule has 2 fully saturated rings. The minimum Gasteiger partial charge on any atom is -0.399 e. The Hall–Kier alpha value is -1.49. The third-order valence-electron chi connectivity index (χ3n) is 3.62. The molecule has 2 aliphatic rings. The van der Waals surface area contributed by atoms with Gasteiger partial charge in [0.25, 0.3) is 0 Å². The fourth-order valence-corrected chi connectivity index (χ4v) is 2.95. The van der Waals surface area contributed by atoms with E-state index in [1.165, 1.54) is 0 Å². The second kappa shape index (κ2) is 4.31. The van der Waals surface area contributed by atoms with Crippen LogP contribution in [0.2, 0.25) is 5.15 Å². The van der Waals surface area contributed by atoms with E-state index in [4.69, 9.17) is 17.3 Å². The van der Waals surface area contributed by atoms with Crippen molar-refractivity contribution in [3.05, 3.63) is 17.3 Å². The van der Waals surface area contributed by atoms with Crippen LogP contribution in [0.25, 0.3) is 0 Å². The van der Waals surface area contributed by atoms with Crippen LogP contribution >= 0.6 is 11.6 Å². The van der Waals surface area contributed by atoms with Gasteiger partial charge in [-0.15, -0.1) is 0 Å². The van der Waals surface area contributed by atoms with Crippen LogP contribution in [0.1, 0.15) is 12.8 Å². The number of rotatable bonds is 1. The lowest BCUT2D eigenvalue weighted by atomic mass is 10.1. The maximum absolute atomic E-state index is 11.6. The van der Waals surface area contributed by atoms with Crippen molar-refractivity contribution >= 4 is 29.0 Å². The number of hydrogen-bond donors (Lipinski definition) is 1. The lowest BCUT2D eigenvalue weighted by Crippen LogP contribution is -2.51. The van der Waals surface area contributed by atoms with Crippen molar-refractivity contribution in [3.8, 4) is 0 Å². The number of carbonyl (C=O) groups excluding carboxylic acids is 1. The van der Waals surface area contributed by atoms with E-state index >= 15 is 0 Å². The van der Waals surface area contributed by atoms with Gasteiger partial charge in [0.1, 0.15) is 11.0 Å². The summed E-state index contributed by atoms with van der Waals surface area (Å²) in [4.78, 5) is 20.0. The first-order chi connectivity index (χ1) is 8.63. The van der Waals surface area contributed by atoms with E-state index in [-0.39, 0.29) is 5.91 Å². The van der Waals surface area contributed by atoms with Gasteiger partial charge in [0.15, 0.2) is 0 Å². The van der Waals surface area contributed by atoms with Crippen LogP contribution in [-0.2, 0) is 4.79 Å². The fourth-order valence-electron chi connectivity index (χ4n) is 2.74. The van der Waals surface area contributed by atoms with Crippen molar-refractivity contribution in [2.75, 3.05) is 30.3 Å². The molecule has 1 atom stereocenters. The average Bonchev–Trinajstić information content (AvgIpc) is 2.69. The number of pyridine rings is 1. The molecule has 6 heteroatoms. The molecule has 2 saturated heterocycles. The van der Waals surface area contributed by atoms with Crippen LogP contribution in [0.3, 0.4) is 0 Å². The number of piperazine rings is 1. The van der Waals surface area contributed by atoms with Gasteiger partial charge in [0.2, 0.25) is 5.91 Å². The molecule has 3 rings (SSSR count). The SMILES string of the molecule is Nc1cc(Cl)nc(N2CCN3C(=O)CCC3C2)c1. The predicted molar refractivity (Wildman–Crippen MR) is 70.6 cm³/mol. The zero-order chi connectivity index (χ0) is 12.7. The Bertz CT molecular complexity index is 473. The summed E-state index contributed by atoms with van der Waals surface area (Å²) in [5.74, 6) is 1.08. The molecule has 0 spiro atoms. The molecule has 1 aromatic heterocycles. The summed E-state index contributed by atoms with van der Waals surface area (Å²) in [6.07, 6.45) is 1.61.